The summed E-state index contributed by atoms with van der Waals surface area (Å²) in [5, 5.41) is 3.41. The minimum atomic E-state index is -0.450. The highest BCUT2D eigenvalue weighted by Crippen LogP contribution is 2.25. The number of anilines is 1. The maximum Gasteiger partial charge on any atom is 0.243 e. The molecule has 1 aliphatic rings. The van der Waals surface area contributed by atoms with Gasteiger partial charge in [-0.1, -0.05) is 53.5 Å². The molecule has 152 valence electrons. The van der Waals surface area contributed by atoms with Crippen molar-refractivity contribution < 1.29 is 14.4 Å². The zero-order valence-corrected chi connectivity index (χ0v) is 17.4. The summed E-state index contributed by atoms with van der Waals surface area (Å²) in [5.74, 6) is -1.09. The van der Waals surface area contributed by atoms with Gasteiger partial charge in [0.05, 0.1) is 22.5 Å². The van der Waals surface area contributed by atoms with Crippen LogP contribution in [-0.4, -0.2) is 47.7 Å². The molecular weight excluding hydrogens is 413 g/mol. The molecule has 6 nitrogen and oxygen atoms in total. The summed E-state index contributed by atoms with van der Waals surface area (Å²) in [6, 6.07) is 14.4. The third-order valence-electron chi connectivity index (χ3n) is 4.74. The maximum absolute atomic E-state index is 12.7. The molecular formula is C21H21Cl2N3O3. The van der Waals surface area contributed by atoms with Crippen molar-refractivity contribution in [3.05, 3.63) is 64.1 Å². The number of carbonyl (C=O) groups excluding carboxylic acids is 3. The lowest BCUT2D eigenvalue weighted by Crippen LogP contribution is -2.39. The van der Waals surface area contributed by atoms with Crippen LogP contribution in [0.25, 0.3) is 0 Å². The van der Waals surface area contributed by atoms with Crippen molar-refractivity contribution in [2.75, 3.05) is 25.5 Å². The SMILES string of the molecule is CN(CC(=O)Nc1ccc(Cl)c(Cl)c1)C(=O)C1CC(=O)N(Cc2ccccc2)C1. The number of carbonyl (C=O) groups is 3. The number of halogens is 2. The predicted molar refractivity (Wildman–Crippen MR) is 113 cm³/mol. The average Bonchev–Trinajstić information content (AvgIpc) is 3.05. The molecule has 0 bridgehead atoms. The quantitative estimate of drug-likeness (QED) is 0.758. The summed E-state index contributed by atoms with van der Waals surface area (Å²) in [4.78, 5) is 40.3. The van der Waals surface area contributed by atoms with Gasteiger partial charge in [-0.05, 0) is 23.8 Å². The number of nitrogens with one attached hydrogen (secondary N) is 1. The Morgan fingerprint density at radius 1 is 1.14 bits per heavy atom. The molecule has 0 spiro atoms. The van der Waals surface area contributed by atoms with Crippen LogP contribution in [0.1, 0.15) is 12.0 Å². The number of likely N-dealkylation sites (tertiary alicyclic amines) is 1. The van der Waals surface area contributed by atoms with E-state index in [2.05, 4.69) is 5.32 Å². The highest BCUT2D eigenvalue weighted by atomic mass is 35.5. The first-order valence-electron chi connectivity index (χ1n) is 9.15. The Labute approximate surface area is 179 Å². The molecule has 2 aromatic carbocycles. The van der Waals surface area contributed by atoms with Crippen LogP contribution in [0.3, 0.4) is 0 Å². The summed E-state index contributed by atoms with van der Waals surface area (Å²) >= 11 is 11.8. The van der Waals surface area contributed by atoms with E-state index >= 15 is 0 Å². The van der Waals surface area contributed by atoms with E-state index in [4.69, 9.17) is 23.2 Å². The number of likely N-dealkylation sites (N-methyl/N-ethyl adjacent to an activating group) is 1. The van der Waals surface area contributed by atoms with Crippen molar-refractivity contribution in [2.45, 2.75) is 13.0 Å². The van der Waals surface area contributed by atoms with Crippen molar-refractivity contribution in [3.63, 3.8) is 0 Å². The van der Waals surface area contributed by atoms with Gasteiger partial charge in [-0.15, -0.1) is 0 Å². The normalized spacial score (nSPS) is 16.0. The van der Waals surface area contributed by atoms with E-state index in [1.54, 1.807) is 30.1 Å². The van der Waals surface area contributed by atoms with E-state index in [0.29, 0.717) is 28.8 Å². The average molecular weight is 434 g/mol. The summed E-state index contributed by atoms with van der Waals surface area (Å²) in [6.07, 6.45) is 0.157. The molecule has 1 aliphatic heterocycles. The van der Waals surface area contributed by atoms with E-state index in [-0.39, 0.29) is 30.7 Å². The van der Waals surface area contributed by atoms with Gasteiger partial charge in [0.2, 0.25) is 17.7 Å². The Morgan fingerprint density at radius 3 is 2.55 bits per heavy atom. The molecule has 0 saturated carbocycles. The minimum Gasteiger partial charge on any atom is -0.338 e. The van der Waals surface area contributed by atoms with E-state index < -0.39 is 5.92 Å². The van der Waals surface area contributed by atoms with Gasteiger partial charge in [-0.25, -0.2) is 0 Å². The first-order valence-corrected chi connectivity index (χ1v) is 9.90. The standard InChI is InChI=1S/C21H21Cl2N3O3/c1-25(13-19(27)24-16-7-8-17(22)18(23)10-16)21(29)15-9-20(28)26(12-15)11-14-5-3-2-4-6-14/h2-8,10,15H,9,11-13H2,1H3,(H,24,27). The van der Waals surface area contributed by atoms with E-state index in [1.165, 1.54) is 4.90 Å². The van der Waals surface area contributed by atoms with Gasteiger partial charge in [-0.2, -0.15) is 0 Å². The van der Waals surface area contributed by atoms with Crippen molar-refractivity contribution >= 4 is 46.6 Å². The van der Waals surface area contributed by atoms with E-state index in [9.17, 15) is 14.4 Å². The molecule has 1 N–H and O–H groups in total. The highest BCUT2D eigenvalue weighted by molar-refractivity contribution is 6.42. The molecule has 3 amide bonds. The molecule has 29 heavy (non-hydrogen) atoms. The second-order valence-electron chi connectivity index (χ2n) is 7.03. The molecule has 1 atom stereocenters. The van der Waals surface area contributed by atoms with Crippen LogP contribution >= 0.6 is 23.2 Å². The summed E-state index contributed by atoms with van der Waals surface area (Å²) in [6.45, 7) is 0.707. The smallest absolute Gasteiger partial charge is 0.243 e. The Bertz CT molecular complexity index is 921. The molecule has 0 radical (unpaired) electrons. The summed E-state index contributed by atoms with van der Waals surface area (Å²) in [7, 11) is 1.56. The zero-order chi connectivity index (χ0) is 21.0. The van der Waals surface area contributed by atoms with Crippen molar-refractivity contribution in [2.24, 2.45) is 5.92 Å². The zero-order valence-electron chi connectivity index (χ0n) is 15.9. The minimum absolute atomic E-state index is 0.0548. The van der Waals surface area contributed by atoms with E-state index in [1.807, 2.05) is 30.3 Å². The van der Waals surface area contributed by atoms with Crippen LogP contribution in [0, 0.1) is 5.92 Å². The number of rotatable bonds is 6. The molecule has 2 aromatic rings. The van der Waals surface area contributed by atoms with Crippen molar-refractivity contribution in [1.82, 2.24) is 9.80 Å². The largest absolute Gasteiger partial charge is 0.338 e. The molecule has 1 saturated heterocycles. The topological polar surface area (TPSA) is 69.7 Å². The van der Waals surface area contributed by atoms with Crippen LogP contribution in [0.2, 0.25) is 10.0 Å². The van der Waals surface area contributed by atoms with Crippen LogP contribution in [0.4, 0.5) is 5.69 Å². The van der Waals surface area contributed by atoms with Gasteiger partial charge in [-0.3, -0.25) is 14.4 Å². The number of hydrogen-bond donors (Lipinski definition) is 1. The predicted octanol–water partition coefficient (Wildman–Crippen LogP) is 3.44. The second kappa shape index (κ2) is 9.29. The number of nitrogens with zero attached hydrogens (tertiary/aromatic N) is 2. The van der Waals surface area contributed by atoms with Crippen molar-refractivity contribution in [3.8, 4) is 0 Å². The molecule has 1 fully saturated rings. The van der Waals surface area contributed by atoms with Gasteiger partial charge < -0.3 is 15.1 Å². The number of amides is 3. The van der Waals surface area contributed by atoms with Crippen LogP contribution < -0.4 is 5.32 Å². The first-order chi connectivity index (χ1) is 13.8. The number of hydrogen-bond acceptors (Lipinski definition) is 3. The molecule has 8 heteroatoms. The number of benzene rings is 2. The van der Waals surface area contributed by atoms with E-state index in [0.717, 1.165) is 5.56 Å². The van der Waals surface area contributed by atoms with Gasteiger partial charge in [0.25, 0.3) is 0 Å². The monoisotopic (exact) mass is 433 g/mol. The maximum atomic E-state index is 12.7. The summed E-state index contributed by atoms with van der Waals surface area (Å²) in [5.41, 5.74) is 1.51. The Morgan fingerprint density at radius 2 is 1.86 bits per heavy atom. The van der Waals surface area contributed by atoms with Crippen LogP contribution in [0.5, 0.6) is 0 Å². The molecule has 3 rings (SSSR count). The van der Waals surface area contributed by atoms with Gasteiger partial charge in [0, 0.05) is 32.2 Å². The highest BCUT2D eigenvalue weighted by Gasteiger charge is 2.36. The fourth-order valence-corrected chi connectivity index (χ4v) is 3.57. The Kier molecular flexibility index (Phi) is 6.77. The molecule has 0 aromatic heterocycles. The van der Waals surface area contributed by atoms with Gasteiger partial charge >= 0.3 is 0 Å². The lowest BCUT2D eigenvalue weighted by atomic mass is 10.1. The van der Waals surface area contributed by atoms with Gasteiger partial charge in [0.15, 0.2) is 0 Å². The fraction of sp³-hybridized carbons (Fsp3) is 0.286. The fourth-order valence-electron chi connectivity index (χ4n) is 3.27. The van der Waals surface area contributed by atoms with Crippen molar-refractivity contribution in [1.29, 1.82) is 0 Å². The van der Waals surface area contributed by atoms with Crippen LogP contribution in [-0.2, 0) is 20.9 Å². The third kappa shape index (κ3) is 5.49. The molecule has 0 aliphatic carbocycles. The third-order valence-corrected chi connectivity index (χ3v) is 5.48. The lowest BCUT2D eigenvalue weighted by molar-refractivity contribution is -0.137. The Hall–Kier alpha value is -2.57. The second-order valence-corrected chi connectivity index (χ2v) is 7.85. The summed E-state index contributed by atoms with van der Waals surface area (Å²) < 4.78 is 0. The van der Waals surface area contributed by atoms with Crippen LogP contribution in [0.15, 0.2) is 48.5 Å². The Balaban J connectivity index is 1.53. The first kappa shape index (κ1) is 21.1. The molecule has 1 unspecified atom stereocenters. The lowest BCUT2D eigenvalue weighted by Gasteiger charge is -2.21. The molecule has 1 heterocycles. The van der Waals surface area contributed by atoms with Gasteiger partial charge in [0.1, 0.15) is 0 Å².